The Kier molecular flexibility index (Phi) is 3.58. The first kappa shape index (κ1) is 13.3. The van der Waals surface area contributed by atoms with E-state index in [9.17, 15) is 4.57 Å². The van der Waals surface area contributed by atoms with Crippen LogP contribution in [0.15, 0.2) is 36.4 Å². The highest BCUT2D eigenvalue weighted by Crippen LogP contribution is 2.42. The van der Waals surface area contributed by atoms with E-state index >= 15 is 0 Å². The molecular formula is C14H17O3P. The molecule has 0 aliphatic carbocycles. The summed E-state index contributed by atoms with van der Waals surface area (Å²) in [6.07, 6.45) is -0.189. The van der Waals surface area contributed by atoms with E-state index in [0.717, 1.165) is 21.9 Å². The standard InChI is InChI=1S/C14H17O3P/c1-10(2)14-12(9-18(15,16)17)8-7-11-5-3-4-6-13(11)14/h3-8,10H,9H2,1-2H3,(H2,15,16,17). The first-order valence-corrected chi connectivity index (χ1v) is 7.73. The van der Waals surface area contributed by atoms with Gasteiger partial charge in [0.15, 0.2) is 0 Å². The zero-order valence-corrected chi connectivity index (χ0v) is 11.4. The van der Waals surface area contributed by atoms with Crippen LogP contribution in [0.5, 0.6) is 0 Å². The Morgan fingerprint density at radius 1 is 1.11 bits per heavy atom. The van der Waals surface area contributed by atoms with E-state index in [1.165, 1.54) is 0 Å². The smallest absolute Gasteiger partial charge is 0.324 e. The molecule has 4 heteroatoms. The average molecular weight is 264 g/mol. The molecule has 0 bridgehead atoms. The molecule has 96 valence electrons. The van der Waals surface area contributed by atoms with Crippen molar-refractivity contribution in [2.24, 2.45) is 0 Å². The van der Waals surface area contributed by atoms with Gasteiger partial charge in [-0.3, -0.25) is 4.57 Å². The summed E-state index contributed by atoms with van der Waals surface area (Å²) >= 11 is 0. The quantitative estimate of drug-likeness (QED) is 0.832. The van der Waals surface area contributed by atoms with Crippen LogP contribution in [0.2, 0.25) is 0 Å². The summed E-state index contributed by atoms with van der Waals surface area (Å²) in [4.78, 5) is 18.3. The largest absolute Gasteiger partial charge is 0.329 e. The molecule has 0 fully saturated rings. The van der Waals surface area contributed by atoms with Gasteiger partial charge >= 0.3 is 7.60 Å². The first-order valence-electron chi connectivity index (χ1n) is 5.93. The van der Waals surface area contributed by atoms with Crippen molar-refractivity contribution < 1.29 is 14.4 Å². The summed E-state index contributed by atoms with van der Waals surface area (Å²) in [7, 11) is -4.03. The molecule has 0 saturated carbocycles. The van der Waals surface area contributed by atoms with Crippen LogP contribution in [-0.4, -0.2) is 9.79 Å². The van der Waals surface area contributed by atoms with E-state index in [2.05, 4.69) is 0 Å². The van der Waals surface area contributed by atoms with Crippen LogP contribution in [0.4, 0.5) is 0 Å². The Balaban J connectivity index is 2.67. The number of fused-ring (bicyclic) bond motifs is 1. The lowest BCUT2D eigenvalue weighted by atomic mass is 9.92. The Morgan fingerprint density at radius 3 is 2.39 bits per heavy atom. The second kappa shape index (κ2) is 4.85. The van der Waals surface area contributed by atoms with Crippen molar-refractivity contribution in [1.29, 1.82) is 0 Å². The highest BCUT2D eigenvalue weighted by Gasteiger charge is 2.19. The van der Waals surface area contributed by atoms with E-state index in [1.807, 2.05) is 50.2 Å². The highest BCUT2D eigenvalue weighted by atomic mass is 31.2. The summed E-state index contributed by atoms with van der Waals surface area (Å²) < 4.78 is 11.2. The lowest BCUT2D eigenvalue weighted by Crippen LogP contribution is -1.98. The van der Waals surface area contributed by atoms with E-state index in [4.69, 9.17) is 9.79 Å². The van der Waals surface area contributed by atoms with Crippen LogP contribution in [0.25, 0.3) is 10.8 Å². The van der Waals surface area contributed by atoms with Crippen molar-refractivity contribution in [2.75, 3.05) is 0 Å². The summed E-state index contributed by atoms with van der Waals surface area (Å²) in [5.74, 6) is 0.234. The Morgan fingerprint density at radius 2 is 1.78 bits per heavy atom. The molecule has 0 amide bonds. The molecule has 2 aromatic carbocycles. The number of hydrogen-bond donors (Lipinski definition) is 2. The predicted octanol–water partition coefficient (Wildman–Crippen LogP) is 3.64. The lowest BCUT2D eigenvalue weighted by molar-refractivity contribution is 0.371. The van der Waals surface area contributed by atoms with Gasteiger partial charge in [0.2, 0.25) is 0 Å². The van der Waals surface area contributed by atoms with Gasteiger partial charge in [0.05, 0.1) is 6.16 Å². The first-order chi connectivity index (χ1) is 8.38. The van der Waals surface area contributed by atoms with Crippen LogP contribution in [-0.2, 0) is 10.7 Å². The fraction of sp³-hybridized carbons (Fsp3) is 0.286. The van der Waals surface area contributed by atoms with Crippen molar-refractivity contribution in [1.82, 2.24) is 0 Å². The van der Waals surface area contributed by atoms with Gasteiger partial charge in [-0.25, -0.2) is 0 Å². The van der Waals surface area contributed by atoms with Crippen LogP contribution in [0.3, 0.4) is 0 Å². The summed E-state index contributed by atoms with van der Waals surface area (Å²) in [6, 6.07) is 11.7. The SMILES string of the molecule is CC(C)c1c(CP(=O)(O)O)ccc2ccccc12. The molecule has 18 heavy (non-hydrogen) atoms. The van der Waals surface area contributed by atoms with Gasteiger partial charge in [0.25, 0.3) is 0 Å². The Labute approximate surface area is 107 Å². The van der Waals surface area contributed by atoms with Gasteiger partial charge in [-0.1, -0.05) is 50.2 Å². The third kappa shape index (κ3) is 2.81. The van der Waals surface area contributed by atoms with Crippen molar-refractivity contribution in [2.45, 2.75) is 25.9 Å². The van der Waals surface area contributed by atoms with E-state index in [0.29, 0.717) is 0 Å². The lowest BCUT2D eigenvalue weighted by Gasteiger charge is -2.16. The molecule has 0 aliphatic heterocycles. The monoisotopic (exact) mass is 264 g/mol. The maximum absolute atomic E-state index is 11.2. The molecule has 0 radical (unpaired) electrons. The molecule has 0 atom stereocenters. The predicted molar refractivity (Wildman–Crippen MR) is 73.8 cm³/mol. The molecule has 0 aliphatic rings. The van der Waals surface area contributed by atoms with Gasteiger partial charge in [-0.15, -0.1) is 0 Å². The third-order valence-electron chi connectivity index (χ3n) is 3.01. The second-order valence-electron chi connectivity index (χ2n) is 4.84. The number of hydrogen-bond acceptors (Lipinski definition) is 1. The van der Waals surface area contributed by atoms with Crippen LogP contribution in [0.1, 0.15) is 30.9 Å². The number of rotatable bonds is 3. The zero-order valence-electron chi connectivity index (χ0n) is 10.5. The van der Waals surface area contributed by atoms with Crippen molar-refractivity contribution in [3.8, 4) is 0 Å². The molecule has 2 N–H and O–H groups in total. The molecule has 0 aromatic heterocycles. The molecular weight excluding hydrogens is 247 g/mol. The molecule has 0 saturated heterocycles. The summed E-state index contributed by atoms with van der Waals surface area (Å²) in [6.45, 7) is 4.09. The highest BCUT2D eigenvalue weighted by molar-refractivity contribution is 7.50. The van der Waals surface area contributed by atoms with Gasteiger partial charge in [-0.05, 0) is 27.8 Å². The molecule has 3 nitrogen and oxygen atoms in total. The van der Waals surface area contributed by atoms with Crippen molar-refractivity contribution in [3.63, 3.8) is 0 Å². The average Bonchev–Trinajstić information content (AvgIpc) is 2.26. The summed E-state index contributed by atoms with van der Waals surface area (Å²) in [5, 5.41) is 2.19. The molecule has 0 heterocycles. The van der Waals surface area contributed by atoms with E-state index in [-0.39, 0.29) is 12.1 Å². The van der Waals surface area contributed by atoms with Crippen molar-refractivity contribution >= 4 is 18.4 Å². The van der Waals surface area contributed by atoms with Crippen LogP contribution < -0.4 is 0 Å². The maximum Gasteiger partial charge on any atom is 0.329 e. The topological polar surface area (TPSA) is 57.5 Å². The van der Waals surface area contributed by atoms with E-state index < -0.39 is 7.60 Å². The van der Waals surface area contributed by atoms with E-state index in [1.54, 1.807) is 0 Å². The minimum absolute atomic E-state index is 0.189. The normalized spacial score (nSPS) is 12.3. The van der Waals surface area contributed by atoms with Crippen LogP contribution in [0, 0.1) is 0 Å². The van der Waals surface area contributed by atoms with Gasteiger partial charge in [-0.2, -0.15) is 0 Å². The number of benzene rings is 2. The third-order valence-corrected chi connectivity index (χ3v) is 3.77. The fourth-order valence-corrected chi connectivity index (χ4v) is 3.10. The minimum atomic E-state index is -4.03. The minimum Gasteiger partial charge on any atom is -0.324 e. The molecule has 0 unspecified atom stereocenters. The second-order valence-corrected chi connectivity index (χ2v) is 6.48. The molecule has 0 spiro atoms. The Hall–Kier alpha value is -1.15. The van der Waals surface area contributed by atoms with Gasteiger partial charge < -0.3 is 9.79 Å². The zero-order chi connectivity index (χ0) is 13.3. The summed E-state index contributed by atoms with van der Waals surface area (Å²) in [5.41, 5.74) is 1.79. The Bertz CT molecular complexity index is 613. The van der Waals surface area contributed by atoms with Gasteiger partial charge in [0.1, 0.15) is 0 Å². The maximum atomic E-state index is 11.2. The molecule has 2 aromatic rings. The van der Waals surface area contributed by atoms with Crippen molar-refractivity contribution in [3.05, 3.63) is 47.5 Å². The van der Waals surface area contributed by atoms with Gasteiger partial charge in [0, 0.05) is 0 Å². The molecule has 2 rings (SSSR count). The fourth-order valence-electron chi connectivity index (χ4n) is 2.38. The van der Waals surface area contributed by atoms with Crippen LogP contribution >= 0.6 is 7.60 Å².